The van der Waals surface area contributed by atoms with E-state index in [2.05, 4.69) is 0 Å². The van der Waals surface area contributed by atoms with Crippen molar-refractivity contribution in [3.63, 3.8) is 0 Å². The van der Waals surface area contributed by atoms with Gasteiger partial charge < -0.3 is 4.55 Å². The van der Waals surface area contributed by atoms with Crippen molar-refractivity contribution in [3.05, 3.63) is 41.6 Å². The minimum Gasteiger partial charge on any atom is -0.605 e. The smallest absolute Gasteiger partial charge is 0.370 e. The molecule has 0 aromatic heterocycles. The van der Waals surface area contributed by atoms with E-state index in [-0.39, 0.29) is 4.90 Å². The normalized spacial score (nSPS) is 12.3. The van der Waals surface area contributed by atoms with Gasteiger partial charge in [-0.1, -0.05) is 18.2 Å². The summed E-state index contributed by atoms with van der Waals surface area (Å²) < 4.78 is 46.8. The number of hydrogen-bond donors (Lipinski definition) is 0. The maximum atomic E-state index is 12.4. The van der Waals surface area contributed by atoms with Crippen molar-refractivity contribution in [3.8, 4) is 0 Å². The van der Waals surface area contributed by atoms with E-state index in [4.69, 9.17) is 0 Å². The van der Waals surface area contributed by atoms with Crippen molar-refractivity contribution in [2.75, 3.05) is 0 Å². The van der Waals surface area contributed by atoms with Crippen LogP contribution < -0.4 is 0 Å². The van der Waals surface area contributed by atoms with Crippen LogP contribution in [0, 0.1) is 0 Å². The second-order valence-electron chi connectivity index (χ2n) is 2.12. The van der Waals surface area contributed by atoms with Crippen molar-refractivity contribution in [1.29, 1.82) is 0 Å². The molecule has 0 aliphatic heterocycles. The average Bonchev–Trinajstić information content (AvgIpc) is 2.17. The molecule has 0 saturated heterocycles. The van der Waals surface area contributed by atoms with Crippen molar-refractivity contribution in [1.82, 2.24) is 0 Å². The lowest BCUT2D eigenvalue weighted by Crippen LogP contribution is -2.01. The third-order valence-corrected chi connectivity index (χ3v) is 2.45. The van der Waals surface area contributed by atoms with Crippen molar-refractivity contribution in [2.45, 2.75) is 4.90 Å². The van der Waals surface area contributed by atoms with Crippen LogP contribution in [-0.4, -0.2) is 4.55 Å². The van der Waals surface area contributed by atoms with Gasteiger partial charge in [-0.3, -0.25) is 0 Å². The van der Waals surface area contributed by atoms with Crippen LogP contribution in [0.15, 0.2) is 46.5 Å². The Morgan fingerprint density at radius 1 is 1.08 bits per heavy atom. The fourth-order valence-electron chi connectivity index (χ4n) is 0.718. The van der Waals surface area contributed by atoms with Crippen LogP contribution in [0.5, 0.6) is 0 Å². The molecular formula is C8H5F3OS. The van der Waals surface area contributed by atoms with Gasteiger partial charge in [0.05, 0.1) is 11.2 Å². The molecule has 0 radical (unpaired) electrons. The van der Waals surface area contributed by atoms with Crippen molar-refractivity contribution in [2.24, 2.45) is 0 Å². The van der Waals surface area contributed by atoms with Crippen LogP contribution in [-0.2, 0) is 11.2 Å². The third-order valence-electron chi connectivity index (χ3n) is 1.27. The number of halogens is 3. The maximum Gasteiger partial charge on any atom is 0.370 e. The van der Waals surface area contributed by atoms with E-state index in [1.165, 1.54) is 24.3 Å². The van der Waals surface area contributed by atoms with Crippen LogP contribution >= 0.6 is 0 Å². The Morgan fingerprint density at radius 3 is 2.08 bits per heavy atom. The van der Waals surface area contributed by atoms with E-state index in [1.807, 2.05) is 0 Å². The van der Waals surface area contributed by atoms with Crippen molar-refractivity contribution >= 4 is 11.2 Å². The Hall–Kier alpha value is -0.940. The van der Waals surface area contributed by atoms with Crippen LogP contribution in [0.3, 0.4) is 0 Å². The Bertz CT molecular complexity index is 308. The third kappa shape index (κ3) is 2.50. The zero-order valence-corrected chi connectivity index (χ0v) is 7.15. The fourth-order valence-corrected chi connectivity index (χ4v) is 1.47. The molecule has 0 fully saturated rings. The summed E-state index contributed by atoms with van der Waals surface area (Å²) in [5.41, 5.74) is 0. The molecule has 0 N–H and O–H groups in total. The summed E-state index contributed by atoms with van der Waals surface area (Å²) in [6, 6.07) is 7.25. The molecule has 0 amide bonds. The quantitative estimate of drug-likeness (QED) is 0.682. The van der Waals surface area contributed by atoms with E-state index < -0.39 is 22.4 Å². The van der Waals surface area contributed by atoms with Gasteiger partial charge in [0, 0.05) is 0 Å². The van der Waals surface area contributed by atoms with Gasteiger partial charge in [0.1, 0.15) is 0 Å². The molecule has 70 valence electrons. The standard InChI is InChI=1S/C8H5F3OS/c9-7(10)8(11)13(12)6-4-2-1-3-5-6/h1-5H. The molecule has 0 aliphatic carbocycles. The molecule has 0 aliphatic rings. The molecule has 5 heteroatoms. The van der Waals surface area contributed by atoms with Gasteiger partial charge in [-0.05, 0) is 12.1 Å². The molecule has 1 unspecified atom stereocenters. The summed E-state index contributed by atoms with van der Waals surface area (Å²) in [6.07, 6.45) is -2.54. The first-order chi connectivity index (χ1) is 6.13. The molecule has 1 aromatic carbocycles. The zero-order chi connectivity index (χ0) is 9.84. The first-order valence-electron chi connectivity index (χ1n) is 3.30. The summed E-state index contributed by atoms with van der Waals surface area (Å²) in [4.78, 5) is 0.0211. The summed E-state index contributed by atoms with van der Waals surface area (Å²) in [5, 5.41) is -1.88. The summed E-state index contributed by atoms with van der Waals surface area (Å²) in [5.74, 6) is 0. The number of rotatable bonds is 2. The highest BCUT2D eigenvalue weighted by Gasteiger charge is 2.23. The predicted molar refractivity (Wildman–Crippen MR) is 43.2 cm³/mol. The van der Waals surface area contributed by atoms with Gasteiger partial charge >= 0.3 is 11.2 Å². The van der Waals surface area contributed by atoms with E-state index in [0.29, 0.717) is 0 Å². The largest absolute Gasteiger partial charge is 0.605 e. The van der Waals surface area contributed by atoms with Crippen molar-refractivity contribution < 1.29 is 17.7 Å². The molecule has 0 saturated carbocycles. The van der Waals surface area contributed by atoms with Gasteiger partial charge in [0.2, 0.25) is 0 Å². The zero-order valence-electron chi connectivity index (χ0n) is 6.34. The van der Waals surface area contributed by atoms with Gasteiger partial charge in [0.25, 0.3) is 0 Å². The first kappa shape index (κ1) is 10.1. The van der Waals surface area contributed by atoms with Crippen LogP contribution in [0.4, 0.5) is 13.2 Å². The lowest BCUT2D eigenvalue weighted by atomic mass is 10.4. The monoisotopic (exact) mass is 206 g/mol. The molecule has 1 rings (SSSR count). The van der Waals surface area contributed by atoms with E-state index in [9.17, 15) is 17.7 Å². The molecule has 0 bridgehead atoms. The summed E-state index contributed by atoms with van der Waals surface area (Å²) >= 11 is -2.40. The first-order valence-corrected chi connectivity index (χ1v) is 4.45. The second-order valence-corrected chi connectivity index (χ2v) is 3.48. The van der Waals surface area contributed by atoms with Crippen LogP contribution in [0.1, 0.15) is 0 Å². The highest BCUT2D eigenvalue weighted by molar-refractivity contribution is 7.95. The maximum absolute atomic E-state index is 12.4. The lowest BCUT2D eigenvalue weighted by Gasteiger charge is -2.04. The molecule has 1 atom stereocenters. The molecule has 0 heterocycles. The SMILES string of the molecule is [O-][S+](C(F)=C(F)F)c1ccccc1. The Kier molecular flexibility index (Phi) is 3.39. The average molecular weight is 206 g/mol. The Morgan fingerprint density at radius 2 is 1.62 bits per heavy atom. The van der Waals surface area contributed by atoms with Gasteiger partial charge in [0.15, 0.2) is 4.90 Å². The molecule has 13 heavy (non-hydrogen) atoms. The van der Waals surface area contributed by atoms with Gasteiger partial charge in [-0.2, -0.15) is 8.78 Å². The second kappa shape index (κ2) is 4.34. The van der Waals surface area contributed by atoms with E-state index in [0.717, 1.165) is 0 Å². The summed E-state index contributed by atoms with van der Waals surface area (Å²) in [7, 11) is 0. The van der Waals surface area contributed by atoms with E-state index >= 15 is 0 Å². The van der Waals surface area contributed by atoms with E-state index in [1.54, 1.807) is 6.07 Å². The topological polar surface area (TPSA) is 23.1 Å². The van der Waals surface area contributed by atoms with Gasteiger partial charge in [-0.15, -0.1) is 4.39 Å². The highest BCUT2D eigenvalue weighted by atomic mass is 32.2. The minimum atomic E-state index is -2.54. The number of benzene rings is 1. The molecule has 0 spiro atoms. The molecule has 1 aromatic rings. The number of hydrogen-bond acceptors (Lipinski definition) is 1. The minimum absolute atomic E-state index is 0.0211. The van der Waals surface area contributed by atoms with Crippen LogP contribution in [0.2, 0.25) is 0 Å². The summed E-state index contributed by atoms with van der Waals surface area (Å²) in [6.45, 7) is 0. The highest BCUT2D eigenvalue weighted by Crippen LogP contribution is 2.23. The molecular weight excluding hydrogens is 201 g/mol. The van der Waals surface area contributed by atoms with Crippen LogP contribution in [0.25, 0.3) is 0 Å². The lowest BCUT2D eigenvalue weighted by molar-refractivity contribution is 0.390. The van der Waals surface area contributed by atoms with Gasteiger partial charge in [-0.25, -0.2) is 0 Å². The molecule has 1 nitrogen and oxygen atoms in total. The Labute approximate surface area is 76.1 Å². The Balaban J connectivity index is 2.93. The predicted octanol–water partition coefficient (Wildman–Crippen LogP) is 2.83. The fraction of sp³-hybridized carbons (Fsp3) is 0.